The van der Waals surface area contributed by atoms with Crippen molar-refractivity contribution in [1.82, 2.24) is 15.3 Å². The van der Waals surface area contributed by atoms with Crippen molar-refractivity contribution >= 4 is 28.5 Å². The molecule has 0 saturated carbocycles. The van der Waals surface area contributed by atoms with E-state index in [-0.39, 0.29) is 18.1 Å². The van der Waals surface area contributed by atoms with Crippen LogP contribution < -0.4 is 5.32 Å². The zero-order chi connectivity index (χ0) is 16.1. The molecule has 112 valence electrons. The van der Waals surface area contributed by atoms with Gasteiger partial charge >= 0.3 is 0 Å². The summed E-state index contributed by atoms with van der Waals surface area (Å²) in [6.45, 7) is 0.222. The Balaban J connectivity index is 1.65. The van der Waals surface area contributed by atoms with Crippen molar-refractivity contribution in [3.05, 3.63) is 71.0 Å². The summed E-state index contributed by atoms with van der Waals surface area (Å²) in [5.41, 5.74) is 2.51. The first-order valence-corrected chi connectivity index (χ1v) is 7.34. The summed E-state index contributed by atoms with van der Waals surface area (Å²) in [7, 11) is 0. The van der Waals surface area contributed by atoms with Gasteiger partial charge in [0.1, 0.15) is 5.69 Å². The summed E-state index contributed by atoms with van der Waals surface area (Å²) < 4.78 is 0. The predicted octanol–water partition coefficient (Wildman–Crippen LogP) is 3.06. The zero-order valence-electron chi connectivity index (χ0n) is 12.1. The van der Waals surface area contributed by atoms with Gasteiger partial charge in [-0.2, -0.15) is 0 Å². The molecule has 0 aliphatic heterocycles. The molecule has 0 atom stereocenters. The number of carbonyl (C=O) groups excluding carboxylic acids is 1. The Morgan fingerprint density at radius 2 is 1.96 bits per heavy atom. The number of amides is 1. The van der Waals surface area contributed by atoms with Gasteiger partial charge < -0.3 is 5.32 Å². The number of rotatable bonds is 2. The van der Waals surface area contributed by atoms with Crippen molar-refractivity contribution in [2.24, 2.45) is 0 Å². The van der Waals surface area contributed by atoms with Crippen LogP contribution in [0.1, 0.15) is 16.1 Å². The average Bonchev–Trinajstić information content (AvgIpc) is 2.58. The van der Waals surface area contributed by atoms with Crippen LogP contribution in [0.2, 0.25) is 5.02 Å². The number of aromatic nitrogens is 2. The fourth-order valence-corrected chi connectivity index (χ4v) is 2.18. The van der Waals surface area contributed by atoms with Crippen LogP contribution >= 0.6 is 11.6 Å². The first-order valence-electron chi connectivity index (χ1n) is 6.97. The fraction of sp³-hybridized carbons (Fsp3) is 0.0556. The van der Waals surface area contributed by atoms with E-state index in [0.717, 1.165) is 11.1 Å². The lowest BCUT2D eigenvalue weighted by Crippen LogP contribution is -2.24. The van der Waals surface area contributed by atoms with E-state index in [1.807, 2.05) is 36.4 Å². The minimum Gasteiger partial charge on any atom is -0.340 e. The van der Waals surface area contributed by atoms with Crippen LogP contribution in [0, 0.1) is 11.8 Å². The van der Waals surface area contributed by atoms with Crippen molar-refractivity contribution in [3.63, 3.8) is 0 Å². The third kappa shape index (κ3) is 3.85. The minimum absolute atomic E-state index is 0.222. The van der Waals surface area contributed by atoms with Crippen LogP contribution in [-0.4, -0.2) is 22.4 Å². The summed E-state index contributed by atoms with van der Waals surface area (Å²) in [6, 6.07) is 14.6. The van der Waals surface area contributed by atoms with E-state index in [2.05, 4.69) is 27.1 Å². The molecule has 1 heterocycles. The number of nitrogens with zero attached hydrogens (tertiary/aromatic N) is 2. The zero-order valence-corrected chi connectivity index (χ0v) is 12.8. The van der Waals surface area contributed by atoms with Gasteiger partial charge in [0, 0.05) is 10.6 Å². The summed E-state index contributed by atoms with van der Waals surface area (Å²) in [6.07, 6.45) is 1.46. The van der Waals surface area contributed by atoms with Gasteiger partial charge in [-0.3, -0.25) is 9.78 Å². The summed E-state index contributed by atoms with van der Waals surface area (Å²) in [5, 5.41) is 3.33. The van der Waals surface area contributed by atoms with Gasteiger partial charge in [-0.05, 0) is 30.3 Å². The largest absolute Gasteiger partial charge is 0.340 e. The van der Waals surface area contributed by atoms with Gasteiger partial charge in [0.15, 0.2) is 0 Å². The Morgan fingerprint density at radius 3 is 2.78 bits per heavy atom. The van der Waals surface area contributed by atoms with Crippen LogP contribution in [0.25, 0.3) is 11.0 Å². The standard InChI is InChI=1S/C18H12ClN3O/c19-14-7-3-5-13(11-14)6-4-10-20-18(23)17-12-21-15-8-1-2-9-16(15)22-17/h1-3,5,7-9,11-12H,10H2,(H,20,23). The van der Waals surface area contributed by atoms with Crippen molar-refractivity contribution < 1.29 is 4.79 Å². The van der Waals surface area contributed by atoms with E-state index in [1.165, 1.54) is 6.20 Å². The molecule has 0 radical (unpaired) electrons. The van der Waals surface area contributed by atoms with Crippen LogP contribution in [0.5, 0.6) is 0 Å². The highest BCUT2D eigenvalue weighted by molar-refractivity contribution is 6.30. The van der Waals surface area contributed by atoms with Crippen molar-refractivity contribution in [2.75, 3.05) is 6.54 Å². The molecule has 3 rings (SSSR count). The quantitative estimate of drug-likeness (QED) is 0.738. The second kappa shape index (κ2) is 6.91. The van der Waals surface area contributed by atoms with E-state index >= 15 is 0 Å². The Kier molecular flexibility index (Phi) is 4.51. The van der Waals surface area contributed by atoms with Crippen LogP contribution in [-0.2, 0) is 0 Å². The highest BCUT2D eigenvalue weighted by atomic mass is 35.5. The van der Waals surface area contributed by atoms with Crippen molar-refractivity contribution in [3.8, 4) is 11.8 Å². The molecule has 2 aromatic carbocycles. The highest BCUT2D eigenvalue weighted by Crippen LogP contribution is 2.09. The fourth-order valence-electron chi connectivity index (χ4n) is 1.99. The molecule has 0 aliphatic rings. The molecule has 4 nitrogen and oxygen atoms in total. The van der Waals surface area contributed by atoms with E-state index < -0.39 is 0 Å². The van der Waals surface area contributed by atoms with Gasteiger partial charge in [-0.25, -0.2) is 4.98 Å². The minimum atomic E-state index is -0.302. The lowest BCUT2D eigenvalue weighted by Gasteiger charge is -2.02. The molecule has 1 amide bonds. The molecule has 0 spiro atoms. The van der Waals surface area contributed by atoms with E-state index in [9.17, 15) is 4.79 Å². The number of para-hydroxylation sites is 2. The maximum atomic E-state index is 12.1. The number of fused-ring (bicyclic) bond motifs is 1. The molecule has 0 saturated heterocycles. The molecule has 0 bridgehead atoms. The average molecular weight is 322 g/mol. The molecule has 0 aliphatic carbocycles. The lowest BCUT2D eigenvalue weighted by molar-refractivity contribution is 0.0953. The van der Waals surface area contributed by atoms with Gasteiger partial charge in [-0.15, -0.1) is 0 Å². The number of halogens is 1. The van der Waals surface area contributed by atoms with Gasteiger partial charge in [0.2, 0.25) is 0 Å². The smallest absolute Gasteiger partial charge is 0.272 e. The third-order valence-corrected chi connectivity index (χ3v) is 3.31. The number of carbonyl (C=O) groups is 1. The Hall–Kier alpha value is -2.90. The molecule has 23 heavy (non-hydrogen) atoms. The normalized spacial score (nSPS) is 9.96. The molecular formula is C18H12ClN3O. The van der Waals surface area contributed by atoms with Crippen LogP contribution in [0.15, 0.2) is 54.7 Å². The van der Waals surface area contributed by atoms with Crippen molar-refractivity contribution in [1.29, 1.82) is 0 Å². The van der Waals surface area contributed by atoms with Crippen LogP contribution in [0.3, 0.4) is 0 Å². The first-order chi connectivity index (χ1) is 11.2. The number of benzene rings is 2. The lowest BCUT2D eigenvalue weighted by atomic mass is 10.2. The van der Waals surface area contributed by atoms with Gasteiger partial charge in [0.05, 0.1) is 23.8 Å². The molecular weight excluding hydrogens is 310 g/mol. The number of hydrogen-bond acceptors (Lipinski definition) is 3. The summed E-state index contributed by atoms with van der Waals surface area (Å²) in [4.78, 5) is 20.5. The molecule has 5 heteroatoms. The van der Waals surface area contributed by atoms with Crippen molar-refractivity contribution in [2.45, 2.75) is 0 Å². The third-order valence-electron chi connectivity index (χ3n) is 3.08. The van der Waals surface area contributed by atoms with E-state index in [4.69, 9.17) is 11.6 Å². The topological polar surface area (TPSA) is 54.9 Å². The molecule has 3 aromatic rings. The Bertz CT molecular complexity index is 928. The Morgan fingerprint density at radius 1 is 1.13 bits per heavy atom. The Labute approximate surface area is 138 Å². The molecule has 0 unspecified atom stereocenters. The number of hydrogen-bond donors (Lipinski definition) is 1. The second-order valence-electron chi connectivity index (χ2n) is 4.74. The molecule has 0 fully saturated rings. The molecule has 1 N–H and O–H groups in total. The summed E-state index contributed by atoms with van der Waals surface area (Å²) in [5.74, 6) is 5.51. The highest BCUT2D eigenvalue weighted by Gasteiger charge is 2.07. The van der Waals surface area contributed by atoms with Crippen LogP contribution in [0.4, 0.5) is 0 Å². The van der Waals surface area contributed by atoms with E-state index in [1.54, 1.807) is 12.1 Å². The van der Waals surface area contributed by atoms with Gasteiger partial charge in [-0.1, -0.05) is 41.6 Å². The monoisotopic (exact) mass is 321 g/mol. The maximum Gasteiger partial charge on any atom is 0.272 e. The van der Waals surface area contributed by atoms with E-state index in [0.29, 0.717) is 10.5 Å². The predicted molar refractivity (Wildman–Crippen MR) is 90.2 cm³/mol. The summed E-state index contributed by atoms with van der Waals surface area (Å²) >= 11 is 5.88. The first kappa shape index (κ1) is 15.0. The van der Waals surface area contributed by atoms with Gasteiger partial charge in [0.25, 0.3) is 5.91 Å². The number of nitrogens with one attached hydrogen (secondary N) is 1. The molecule has 1 aromatic heterocycles. The SMILES string of the molecule is O=C(NCC#Cc1cccc(Cl)c1)c1cnc2ccccc2n1. The maximum absolute atomic E-state index is 12.1. The second-order valence-corrected chi connectivity index (χ2v) is 5.18.